The molecule has 2 N–H and O–H groups in total. The standard InChI is InChI=1S/C23H18BrClN6O/c24-18-14-29-31-21(12-20(30-22(18)31)17-4-1-2-5-19(17)25)27-10-3-11-28-23(32)16-8-6-15(13-26)7-9-16/h1-2,4-9,12,14,27H,3,10-11H2,(H,28,32). The summed E-state index contributed by atoms with van der Waals surface area (Å²) >= 11 is 9.86. The van der Waals surface area contributed by atoms with Gasteiger partial charge in [-0.3, -0.25) is 4.79 Å². The fourth-order valence-electron chi connectivity index (χ4n) is 3.17. The average molecular weight is 510 g/mol. The number of nitriles is 1. The van der Waals surface area contributed by atoms with Crippen LogP contribution in [0.5, 0.6) is 0 Å². The van der Waals surface area contributed by atoms with Crippen molar-refractivity contribution < 1.29 is 4.79 Å². The van der Waals surface area contributed by atoms with Crippen LogP contribution in [0, 0.1) is 11.3 Å². The lowest BCUT2D eigenvalue weighted by atomic mass is 10.1. The smallest absolute Gasteiger partial charge is 0.251 e. The first-order valence-electron chi connectivity index (χ1n) is 9.88. The number of carbonyl (C=O) groups is 1. The van der Waals surface area contributed by atoms with Crippen LogP contribution in [0.25, 0.3) is 16.9 Å². The maximum atomic E-state index is 12.2. The summed E-state index contributed by atoms with van der Waals surface area (Å²) in [7, 11) is 0. The molecule has 4 rings (SSSR count). The molecular formula is C23H18BrClN6O. The van der Waals surface area contributed by atoms with Gasteiger partial charge < -0.3 is 10.6 Å². The van der Waals surface area contributed by atoms with Crippen LogP contribution in [0.3, 0.4) is 0 Å². The van der Waals surface area contributed by atoms with Gasteiger partial charge >= 0.3 is 0 Å². The highest BCUT2D eigenvalue weighted by Crippen LogP contribution is 2.30. The maximum Gasteiger partial charge on any atom is 0.251 e. The molecule has 0 bridgehead atoms. The predicted molar refractivity (Wildman–Crippen MR) is 128 cm³/mol. The Kier molecular flexibility index (Phi) is 6.69. The van der Waals surface area contributed by atoms with Gasteiger partial charge in [-0.15, -0.1) is 0 Å². The minimum absolute atomic E-state index is 0.169. The molecule has 0 radical (unpaired) electrons. The SMILES string of the molecule is N#Cc1ccc(C(=O)NCCCNc2cc(-c3ccccc3Cl)nc3c(Br)cnn23)cc1. The summed E-state index contributed by atoms with van der Waals surface area (Å²) in [5, 5.41) is 20.1. The van der Waals surface area contributed by atoms with Crippen molar-refractivity contribution in [3.63, 3.8) is 0 Å². The quantitative estimate of drug-likeness (QED) is 0.345. The number of aromatic nitrogens is 3. The third kappa shape index (κ3) is 4.74. The van der Waals surface area contributed by atoms with E-state index in [4.69, 9.17) is 21.8 Å². The highest BCUT2D eigenvalue weighted by Gasteiger charge is 2.13. The minimum Gasteiger partial charge on any atom is -0.370 e. The van der Waals surface area contributed by atoms with Gasteiger partial charge in [0.25, 0.3) is 5.91 Å². The van der Waals surface area contributed by atoms with Crippen molar-refractivity contribution in [1.82, 2.24) is 19.9 Å². The number of benzene rings is 2. The number of nitrogens with zero attached hydrogens (tertiary/aromatic N) is 4. The molecule has 0 saturated heterocycles. The molecule has 0 aliphatic rings. The first-order chi connectivity index (χ1) is 15.6. The van der Waals surface area contributed by atoms with Gasteiger partial charge in [-0.25, -0.2) is 4.98 Å². The van der Waals surface area contributed by atoms with E-state index < -0.39 is 0 Å². The zero-order valence-electron chi connectivity index (χ0n) is 16.8. The summed E-state index contributed by atoms with van der Waals surface area (Å²) in [6.07, 6.45) is 2.40. The van der Waals surface area contributed by atoms with Crippen molar-refractivity contribution in [2.75, 3.05) is 18.4 Å². The molecule has 0 unspecified atom stereocenters. The van der Waals surface area contributed by atoms with Gasteiger partial charge in [0.15, 0.2) is 5.65 Å². The summed E-state index contributed by atoms with van der Waals surface area (Å²) in [5.74, 6) is 0.604. The fourth-order valence-corrected chi connectivity index (χ4v) is 3.75. The lowest BCUT2D eigenvalue weighted by Gasteiger charge is -2.12. The molecule has 4 aromatic rings. The second-order valence-electron chi connectivity index (χ2n) is 6.96. The Hall–Kier alpha value is -3.41. The van der Waals surface area contributed by atoms with E-state index in [1.807, 2.05) is 36.4 Å². The summed E-state index contributed by atoms with van der Waals surface area (Å²) in [5.41, 5.74) is 3.30. The first-order valence-corrected chi connectivity index (χ1v) is 11.1. The fraction of sp³-hybridized carbons (Fsp3) is 0.130. The van der Waals surface area contributed by atoms with Crippen LogP contribution < -0.4 is 10.6 Å². The number of hydrogen-bond acceptors (Lipinski definition) is 5. The Balaban J connectivity index is 1.41. The summed E-state index contributed by atoms with van der Waals surface area (Å²) < 4.78 is 2.50. The van der Waals surface area contributed by atoms with E-state index in [0.29, 0.717) is 41.3 Å². The van der Waals surface area contributed by atoms with Crippen LogP contribution in [0.4, 0.5) is 5.82 Å². The van der Waals surface area contributed by atoms with E-state index >= 15 is 0 Å². The molecule has 0 saturated carbocycles. The van der Waals surface area contributed by atoms with Crippen molar-refractivity contribution >= 4 is 44.9 Å². The van der Waals surface area contributed by atoms with Crippen molar-refractivity contribution in [1.29, 1.82) is 5.26 Å². The van der Waals surface area contributed by atoms with Crippen molar-refractivity contribution in [2.45, 2.75) is 6.42 Å². The van der Waals surface area contributed by atoms with Gasteiger partial charge in [-0.2, -0.15) is 14.9 Å². The molecule has 160 valence electrons. The number of anilines is 1. The molecular weight excluding hydrogens is 492 g/mol. The van der Waals surface area contributed by atoms with Gasteiger partial charge in [0.1, 0.15) is 5.82 Å². The molecule has 1 amide bonds. The molecule has 2 aromatic heterocycles. The number of hydrogen-bond donors (Lipinski definition) is 2. The number of carbonyl (C=O) groups excluding carboxylic acids is 1. The lowest BCUT2D eigenvalue weighted by Crippen LogP contribution is -2.26. The molecule has 7 nitrogen and oxygen atoms in total. The van der Waals surface area contributed by atoms with Crippen molar-refractivity contribution in [2.24, 2.45) is 0 Å². The van der Waals surface area contributed by atoms with Crippen molar-refractivity contribution in [3.8, 4) is 17.3 Å². The predicted octanol–water partition coefficient (Wildman–Crippen LogP) is 4.92. The average Bonchev–Trinajstić information content (AvgIpc) is 3.19. The monoisotopic (exact) mass is 508 g/mol. The van der Waals surface area contributed by atoms with Crippen LogP contribution in [0.15, 0.2) is 65.3 Å². The van der Waals surface area contributed by atoms with E-state index in [2.05, 4.69) is 31.7 Å². The molecule has 0 atom stereocenters. The van der Waals surface area contributed by atoms with Gasteiger partial charge in [-0.1, -0.05) is 29.8 Å². The number of nitrogens with one attached hydrogen (secondary N) is 2. The van der Waals surface area contributed by atoms with Gasteiger partial charge in [0.05, 0.1) is 28.0 Å². The molecule has 0 aliphatic carbocycles. The molecule has 9 heteroatoms. The van der Waals surface area contributed by atoms with Gasteiger partial charge in [-0.05, 0) is 52.7 Å². The first kappa shape index (κ1) is 21.8. The molecule has 0 fully saturated rings. The van der Waals surface area contributed by atoms with Gasteiger partial charge in [0.2, 0.25) is 0 Å². The molecule has 2 aromatic carbocycles. The third-order valence-electron chi connectivity index (χ3n) is 4.80. The molecule has 2 heterocycles. The number of halogens is 2. The zero-order valence-corrected chi connectivity index (χ0v) is 19.2. The van der Waals surface area contributed by atoms with Crippen LogP contribution in [-0.2, 0) is 0 Å². The molecule has 32 heavy (non-hydrogen) atoms. The third-order valence-corrected chi connectivity index (χ3v) is 5.69. The second kappa shape index (κ2) is 9.81. The Morgan fingerprint density at radius 1 is 1.16 bits per heavy atom. The summed E-state index contributed by atoms with van der Waals surface area (Å²) in [6, 6.07) is 18.0. The Labute approximate surface area is 198 Å². The Bertz CT molecular complexity index is 1310. The van der Waals surface area contributed by atoms with Crippen LogP contribution >= 0.6 is 27.5 Å². The van der Waals surface area contributed by atoms with Crippen LogP contribution in [0.1, 0.15) is 22.3 Å². The lowest BCUT2D eigenvalue weighted by molar-refractivity contribution is 0.0953. The summed E-state index contributed by atoms with van der Waals surface area (Å²) in [4.78, 5) is 16.9. The highest BCUT2D eigenvalue weighted by atomic mass is 79.9. The zero-order chi connectivity index (χ0) is 22.5. The number of fused-ring (bicyclic) bond motifs is 1. The van der Waals surface area contributed by atoms with E-state index in [9.17, 15) is 4.79 Å². The Morgan fingerprint density at radius 3 is 2.69 bits per heavy atom. The van der Waals surface area contributed by atoms with E-state index in [0.717, 1.165) is 21.5 Å². The van der Waals surface area contributed by atoms with Crippen LogP contribution in [0.2, 0.25) is 5.02 Å². The molecule has 0 spiro atoms. The Morgan fingerprint density at radius 2 is 1.94 bits per heavy atom. The topological polar surface area (TPSA) is 95.1 Å². The van der Waals surface area contributed by atoms with Crippen molar-refractivity contribution in [3.05, 3.63) is 81.4 Å². The minimum atomic E-state index is -0.169. The normalized spacial score (nSPS) is 10.7. The van der Waals surface area contributed by atoms with E-state index in [1.165, 1.54) is 0 Å². The number of rotatable bonds is 7. The molecule has 0 aliphatic heterocycles. The largest absolute Gasteiger partial charge is 0.370 e. The maximum absolute atomic E-state index is 12.2. The van der Waals surface area contributed by atoms with Gasteiger partial charge in [0, 0.05) is 35.3 Å². The van der Waals surface area contributed by atoms with E-state index in [-0.39, 0.29) is 5.91 Å². The number of amides is 1. The van der Waals surface area contributed by atoms with E-state index in [1.54, 1.807) is 35.0 Å². The summed E-state index contributed by atoms with van der Waals surface area (Å²) in [6.45, 7) is 1.12. The second-order valence-corrected chi connectivity index (χ2v) is 8.22. The highest BCUT2D eigenvalue weighted by molar-refractivity contribution is 9.10. The van der Waals surface area contributed by atoms with Crippen LogP contribution in [-0.4, -0.2) is 33.6 Å².